The average Bonchev–Trinajstić information content (AvgIpc) is 3.33. The lowest BCUT2D eigenvalue weighted by molar-refractivity contribution is -0.122. The molecule has 11 heteroatoms. The van der Waals surface area contributed by atoms with E-state index in [0.29, 0.717) is 30.3 Å². The number of fused-ring (bicyclic) bond motifs is 1. The summed E-state index contributed by atoms with van der Waals surface area (Å²) < 4.78 is 8.61. The number of ether oxygens (including phenoxy) is 1. The summed E-state index contributed by atoms with van der Waals surface area (Å²) in [4.78, 5) is 44.6. The zero-order valence-electron chi connectivity index (χ0n) is 18.1. The molecule has 0 bridgehead atoms. The molecule has 1 aliphatic rings. The van der Waals surface area contributed by atoms with E-state index in [9.17, 15) is 14.4 Å². The Morgan fingerprint density at radius 1 is 1.12 bits per heavy atom. The van der Waals surface area contributed by atoms with Gasteiger partial charge in [0.05, 0.1) is 29.9 Å². The molecule has 32 heavy (non-hydrogen) atoms. The van der Waals surface area contributed by atoms with Gasteiger partial charge in [-0.15, -0.1) is 0 Å². The first-order chi connectivity index (χ1) is 15.5. The zero-order valence-corrected chi connectivity index (χ0v) is 18.9. The Bertz CT molecular complexity index is 1190. The first-order valence-corrected chi connectivity index (χ1v) is 11.4. The number of thiazole rings is 1. The Morgan fingerprint density at radius 2 is 1.81 bits per heavy atom. The van der Waals surface area contributed by atoms with Crippen molar-refractivity contribution in [3.8, 4) is 0 Å². The highest BCUT2D eigenvalue weighted by molar-refractivity contribution is 7.17. The van der Waals surface area contributed by atoms with Gasteiger partial charge in [0.25, 0.3) is 5.91 Å². The largest absolute Gasteiger partial charge is 0.378 e. The molecule has 0 spiro atoms. The number of para-hydroxylation sites is 2. The standard InChI is InChI=1S/C21H26N6O4S/c1-3-26-15-6-4-5-7-16(15)27(21(26)30)9-8-17(28)23-24-19(29)18-14(2)22-20(32-18)25-10-12-31-13-11-25/h4-7H,3,8-13H2,1-2H3,(H,23,28)(H,24,29). The second-order valence-corrected chi connectivity index (χ2v) is 8.41. The van der Waals surface area contributed by atoms with Gasteiger partial charge in [-0.1, -0.05) is 23.5 Å². The summed E-state index contributed by atoms with van der Waals surface area (Å²) in [6.45, 7) is 7.19. The van der Waals surface area contributed by atoms with Crippen LogP contribution in [0.15, 0.2) is 29.1 Å². The predicted octanol–water partition coefficient (Wildman–Crippen LogP) is 1.28. The van der Waals surface area contributed by atoms with Crippen molar-refractivity contribution in [1.29, 1.82) is 0 Å². The minimum atomic E-state index is -0.410. The number of carbonyl (C=O) groups is 2. The molecule has 1 fully saturated rings. The van der Waals surface area contributed by atoms with E-state index < -0.39 is 5.91 Å². The fourth-order valence-corrected chi connectivity index (χ4v) is 4.75. The highest BCUT2D eigenvalue weighted by Crippen LogP contribution is 2.26. The van der Waals surface area contributed by atoms with Gasteiger partial charge in [0.15, 0.2) is 5.13 Å². The number of nitrogens with zero attached hydrogens (tertiary/aromatic N) is 4. The van der Waals surface area contributed by atoms with E-state index in [1.54, 1.807) is 16.1 Å². The minimum absolute atomic E-state index is 0.0542. The van der Waals surface area contributed by atoms with Crippen molar-refractivity contribution in [1.82, 2.24) is 25.0 Å². The van der Waals surface area contributed by atoms with Crippen LogP contribution in [-0.4, -0.2) is 52.2 Å². The molecular formula is C21H26N6O4S. The van der Waals surface area contributed by atoms with Crippen LogP contribution in [0, 0.1) is 6.92 Å². The molecule has 170 valence electrons. The molecule has 0 saturated carbocycles. The van der Waals surface area contributed by atoms with E-state index >= 15 is 0 Å². The highest BCUT2D eigenvalue weighted by atomic mass is 32.1. The van der Waals surface area contributed by atoms with Gasteiger partial charge in [-0.05, 0) is 26.0 Å². The van der Waals surface area contributed by atoms with Crippen LogP contribution in [0.1, 0.15) is 28.7 Å². The van der Waals surface area contributed by atoms with Gasteiger partial charge < -0.3 is 9.64 Å². The summed E-state index contributed by atoms with van der Waals surface area (Å²) in [6.07, 6.45) is 0.0542. The Morgan fingerprint density at radius 3 is 2.50 bits per heavy atom. The van der Waals surface area contributed by atoms with E-state index in [-0.39, 0.29) is 24.6 Å². The van der Waals surface area contributed by atoms with Gasteiger partial charge >= 0.3 is 5.69 Å². The maximum Gasteiger partial charge on any atom is 0.329 e. The lowest BCUT2D eigenvalue weighted by Gasteiger charge is -2.25. The van der Waals surface area contributed by atoms with Crippen LogP contribution < -0.4 is 21.4 Å². The topological polar surface area (TPSA) is 110 Å². The lowest BCUT2D eigenvalue weighted by atomic mass is 10.3. The maximum atomic E-state index is 12.7. The molecule has 1 aromatic carbocycles. The zero-order chi connectivity index (χ0) is 22.7. The number of morpholine rings is 1. The lowest BCUT2D eigenvalue weighted by Crippen LogP contribution is -2.42. The number of benzene rings is 1. The van der Waals surface area contributed by atoms with Crippen LogP contribution in [0.3, 0.4) is 0 Å². The van der Waals surface area contributed by atoms with Crippen LogP contribution in [0.4, 0.5) is 5.13 Å². The molecular weight excluding hydrogens is 432 g/mol. The SMILES string of the molecule is CCn1c(=O)n(CCC(=O)NNC(=O)c2sc(N3CCOCC3)nc2C)c2ccccc21. The van der Waals surface area contributed by atoms with E-state index in [2.05, 4.69) is 20.7 Å². The smallest absolute Gasteiger partial charge is 0.329 e. The van der Waals surface area contributed by atoms with E-state index in [1.165, 1.54) is 11.3 Å². The second kappa shape index (κ2) is 9.53. The number of aryl methyl sites for hydroxylation is 3. The molecule has 0 atom stereocenters. The fourth-order valence-electron chi connectivity index (χ4n) is 3.74. The molecule has 2 aromatic heterocycles. The number of nitrogens with one attached hydrogen (secondary N) is 2. The summed E-state index contributed by atoms with van der Waals surface area (Å²) in [5.74, 6) is -0.790. The fraction of sp³-hybridized carbons (Fsp3) is 0.429. The number of rotatable bonds is 6. The van der Waals surface area contributed by atoms with Gasteiger partial charge in [0.1, 0.15) is 4.88 Å². The number of amides is 2. The number of imidazole rings is 1. The van der Waals surface area contributed by atoms with Crippen molar-refractivity contribution in [2.24, 2.45) is 0 Å². The minimum Gasteiger partial charge on any atom is -0.378 e. The Kier molecular flexibility index (Phi) is 6.56. The van der Waals surface area contributed by atoms with E-state index in [1.807, 2.05) is 31.2 Å². The predicted molar refractivity (Wildman–Crippen MR) is 122 cm³/mol. The van der Waals surface area contributed by atoms with Crippen LogP contribution in [0.2, 0.25) is 0 Å². The molecule has 0 aliphatic carbocycles. The van der Waals surface area contributed by atoms with Gasteiger partial charge in [0.2, 0.25) is 5.91 Å². The number of hydrogen-bond donors (Lipinski definition) is 2. The van der Waals surface area contributed by atoms with Crippen LogP contribution in [-0.2, 0) is 22.6 Å². The molecule has 1 saturated heterocycles. The number of anilines is 1. The van der Waals surface area contributed by atoms with Gasteiger partial charge in [-0.2, -0.15) is 0 Å². The highest BCUT2D eigenvalue weighted by Gasteiger charge is 2.21. The molecule has 3 heterocycles. The third kappa shape index (κ3) is 4.39. The molecule has 0 unspecified atom stereocenters. The molecule has 1 aliphatic heterocycles. The number of hydrogen-bond acceptors (Lipinski definition) is 7. The van der Waals surface area contributed by atoms with Crippen LogP contribution >= 0.6 is 11.3 Å². The van der Waals surface area contributed by atoms with Gasteiger partial charge in [-0.3, -0.25) is 29.6 Å². The van der Waals surface area contributed by atoms with Crippen molar-refractivity contribution in [3.63, 3.8) is 0 Å². The second-order valence-electron chi connectivity index (χ2n) is 7.43. The first kappa shape index (κ1) is 22.0. The molecule has 0 radical (unpaired) electrons. The third-order valence-corrected chi connectivity index (χ3v) is 6.61. The summed E-state index contributed by atoms with van der Waals surface area (Å²) in [5.41, 5.74) is 6.98. The Balaban J connectivity index is 1.35. The first-order valence-electron chi connectivity index (χ1n) is 10.6. The monoisotopic (exact) mass is 458 g/mol. The average molecular weight is 459 g/mol. The third-order valence-electron chi connectivity index (χ3n) is 5.39. The number of aromatic nitrogens is 3. The molecule has 10 nitrogen and oxygen atoms in total. The van der Waals surface area contributed by atoms with Crippen molar-refractivity contribution >= 4 is 39.3 Å². The van der Waals surface area contributed by atoms with Crippen molar-refractivity contribution in [2.45, 2.75) is 33.4 Å². The van der Waals surface area contributed by atoms with Gasteiger partial charge in [-0.25, -0.2) is 9.78 Å². The quantitative estimate of drug-likeness (QED) is 0.539. The molecule has 2 N–H and O–H groups in total. The molecule has 2 amide bonds. The summed E-state index contributed by atoms with van der Waals surface area (Å²) >= 11 is 1.29. The molecule has 3 aromatic rings. The van der Waals surface area contributed by atoms with Gasteiger partial charge in [0, 0.05) is 32.6 Å². The summed E-state index contributed by atoms with van der Waals surface area (Å²) in [5, 5.41) is 0.772. The van der Waals surface area contributed by atoms with Crippen molar-refractivity contribution in [3.05, 3.63) is 45.3 Å². The summed E-state index contributed by atoms with van der Waals surface area (Å²) in [6, 6.07) is 7.49. The number of hydrazine groups is 1. The van der Waals surface area contributed by atoms with E-state index in [0.717, 1.165) is 29.3 Å². The Hall–Kier alpha value is -3.18. The number of carbonyl (C=O) groups excluding carboxylic acids is 2. The normalized spacial score (nSPS) is 14.0. The molecule has 4 rings (SSSR count). The van der Waals surface area contributed by atoms with Crippen LogP contribution in [0.25, 0.3) is 11.0 Å². The summed E-state index contributed by atoms with van der Waals surface area (Å²) in [7, 11) is 0. The Labute approximate surface area is 188 Å². The van der Waals surface area contributed by atoms with E-state index in [4.69, 9.17) is 4.74 Å². The van der Waals surface area contributed by atoms with Crippen molar-refractivity contribution < 1.29 is 14.3 Å². The van der Waals surface area contributed by atoms with Crippen LogP contribution in [0.5, 0.6) is 0 Å². The van der Waals surface area contributed by atoms with Crippen molar-refractivity contribution in [2.75, 3.05) is 31.2 Å². The maximum absolute atomic E-state index is 12.7.